The van der Waals surface area contributed by atoms with Crippen LogP contribution < -0.4 is 5.32 Å². The number of carbonyl (C=O) groups excluding carboxylic acids is 1. The molecule has 1 amide bonds. The number of hydrogen-bond acceptors (Lipinski definition) is 4. The molecule has 0 spiro atoms. The van der Waals surface area contributed by atoms with Crippen molar-refractivity contribution < 1.29 is 4.79 Å². The molecule has 3 rings (SSSR count). The first kappa shape index (κ1) is 16.6. The average molecular weight is 327 g/mol. The van der Waals surface area contributed by atoms with Crippen molar-refractivity contribution in [2.75, 3.05) is 5.32 Å². The van der Waals surface area contributed by atoms with Gasteiger partial charge in [-0.1, -0.05) is 6.92 Å². The van der Waals surface area contributed by atoms with Gasteiger partial charge in [0.25, 0.3) is 0 Å². The Morgan fingerprint density at radius 1 is 1.38 bits per heavy atom. The molecule has 1 aliphatic rings. The Hall–Kier alpha value is -2.24. The fourth-order valence-electron chi connectivity index (χ4n) is 3.02. The van der Waals surface area contributed by atoms with Crippen molar-refractivity contribution >= 4 is 11.6 Å². The highest BCUT2D eigenvalue weighted by molar-refractivity contribution is 5.93. The highest BCUT2D eigenvalue weighted by atomic mass is 16.1. The topological polar surface area (TPSA) is 72.7 Å². The average Bonchev–Trinajstić information content (AvgIpc) is 3.34. The lowest BCUT2D eigenvalue weighted by molar-refractivity contribution is -0.119. The lowest BCUT2D eigenvalue weighted by atomic mass is 9.98. The van der Waals surface area contributed by atoms with E-state index in [9.17, 15) is 4.79 Å². The lowest BCUT2D eigenvalue weighted by Crippen LogP contribution is -2.23. The highest BCUT2D eigenvalue weighted by Crippen LogP contribution is 2.42. The summed E-state index contributed by atoms with van der Waals surface area (Å²) in [5.74, 6) is 1.09. The normalized spacial score (nSPS) is 15.4. The van der Waals surface area contributed by atoms with Crippen LogP contribution in [0.3, 0.4) is 0 Å². The summed E-state index contributed by atoms with van der Waals surface area (Å²) in [6, 6.07) is 0. The summed E-state index contributed by atoms with van der Waals surface area (Å²) in [4.78, 5) is 21.4. The standard InChI is InChI=1S/C18H25N5O/c1-10(8-15-11(2)22-23(5)12(15)3)18(24)21-16-9-19-13(4)20-17(16)14-6-7-14/h9-10,14H,6-8H2,1-5H3,(H,21,24). The first-order valence-corrected chi connectivity index (χ1v) is 8.50. The summed E-state index contributed by atoms with van der Waals surface area (Å²) in [6.07, 6.45) is 4.70. The van der Waals surface area contributed by atoms with Crippen LogP contribution in [0.25, 0.3) is 0 Å². The van der Waals surface area contributed by atoms with Crippen molar-refractivity contribution in [2.45, 2.75) is 52.9 Å². The van der Waals surface area contributed by atoms with E-state index in [1.807, 2.05) is 39.4 Å². The molecule has 2 aromatic heterocycles. The summed E-state index contributed by atoms with van der Waals surface area (Å²) in [6.45, 7) is 7.87. The van der Waals surface area contributed by atoms with Crippen LogP contribution in [0.1, 0.15) is 54.2 Å². The molecule has 1 aliphatic carbocycles. The maximum Gasteiger partial charge on any atom is 0.227 e. The summed E-state index contributed by atoms with van der Waals surface area (Å²) in [5.41, 5.74) is 5.01. The quantitative estimate of drug-likeness (QED) is 0.916. The Bertz CT molecular complexity index is 776. The number of hydrogen-bond donors (Lipinski definition) is 1. The molecule has 6 heteroatoms. The maximum absolute atomic E-state index is 12.6. The van der Waals surface area contributed by atoms with Gasteiger partial charge in [0, 0.05) is 24.6 Å². The predicted molar refractivity (Wildman–Crippen MR) is 92.9 cm³/mol. The summed E-state index contributed by atoms with van der Waals surface area (Å²) >= 11 is 0. The van der Waals surface area contributed by atoms with Gasteiger partial charge in [-0.25, -0.2) is 9.97 Å². The molecule has 1 atom stereocenters. The third-order valence-electron chi connectivity index (χ3n) is 4.78. The molecule has 1 saturated carbocycles. The molecule has 1 unspecified atom stereocenters. The first-order chi connectivity index (χ1) is 11.4. The van der Waals surface area contributed by atoms with E-state index in [4.69, 9.17) is 0 Å². The summed E-state index contributed by atoms with van der Waals surface area (Å²) < 4.78 is 1.87. The Balaban J connectivity index is 1.73. The molecule has 1 fully saturated rings. The van der Waals surface area contributed by atoms with Gasteiger partial charge in [-0.05, 0) is 45.6 Å². The van der Waals surface area contributed by atoms with E-state index >= 15 is 0 Å². The van der Waals surface area contributed by atoms with Crippen LogP contribution in [0, 0.1) is 26.7 Å². The number of aromatic nitrogens is 4. The van der Waals surface area contributed by atoms with Gasteiger partial charge < -0.3 is 5.32 Å². The van der Waals surface area contributed by atoms with Crippen LogP contribution in [-0.4, -0.2) is 25.7 Å². The van der Waals surface area contributed by atoms with E-state index in [2.05, 4.69) is 20.4 Å². The molecule has 2 heterocycles. The van der Waals surface area contributed by atoms with Crippen LogP contribution in [0.15, 0.2) is 6.20 Å². The van der Waals surface area contributed by atoms with Gasteiger partial charge in [-0.15, -0.1) is 0 Å². The van der Waals surface area contributed by atoms with Crippen LogP contribution in [0.2, 0.25) is 0 Å². The molecule has 0 saturated heterocycles. The molecule has 1 N–H and O–H groups in total. The Kier molecular flexibility index (Phi) is 4.39. The molecule has 2 aromatic rings. The maximum atomic E-state index is 12.6. The van der Waals surface area contributed by atoms with Gasteiger partial charge in [0.2, 0.25) is 5.91 Å². The number of nitrogens with one attached hydrogen (secondary N) is 1. The second kappa shape index (κ2) is 6.34. The first-order valence-electron chi connectivity index (χ1n) is 8.50. The second-order valence-electron chi connectivity index (χ2n) is 6.86. The Morgan fingerprint density at radius 2 is 2.08 bits per heavy atom. The zero-order valence-electron chi connectivity index (χ0n) is 15.1. The van der Waals surface area contributed by atoms with Crippen LogP contribution in [0.5, 0.6) is 0 Å². The van der Waals surface area contributed by atoms with Crippen molar-refractivity contribution in [2.24, 2.45) is 13.0 Å². The van der Waals surface area contributed by atoms with E-state index in [1.165, 1.54) is 0 Å². The second-order valence-corrected chi connectivity index (χ2v) is 6.86. The highest BCUT2D eigenvalue weighted by Gasteiger charge is 2.29. The number of nitrogens with zero attached hydrogens (tertiary/aromatic N) is 4. The molecular formula is C18H25N5O. The minimum atomic E-state index is -0.139. The van der Waals surface area contributed by atoms with Gasteiger partial charge in [-0.2, -0.15) is 5.10 Å². The minimum Gasteiger partial charge on any atom is -0.323 e. The predicted octanol–water partition coefficient (Wildman–Crippen LogP) is 2.83. The van der Waals surface area contributed by atoms with Gasteiger partial charge in [0.15, 0.2) is 0 Å². The van der Waals surface area contributed by atoms with E-state index in [1.54, 1.807) is 6.20 Å². The molecular weight excluding hydrogens is 302 g/mol. The van der Waals surface area contributed by atoms with Crippen LogP contribution >= 0.6 is 0 Å². The van der Waals surface area contributed by atoms with Crippen molar-refractivity contribution in [1.82, 2.24) is 19.7 Å². The number of rotatable bonds is 5. The number of anilines is 1. The smallest absolute Gasteiger partial charge is 0.227 e. The van der Waals surface area contributed by atoms with Gasteiger partial charge >= 0.3 is 0 Å². The molecule has 0 radical (unpaired) electrons. The molecule has 0 aliphatic heterocycles. The summed E-state index contributed by atoms with van der Waals surface area (Å²) in [7, 11) is 1.93. The largest absolute Gasteiger partial charge is 0.323 e. The number of aryl methyl sites for hydroxylation is 3. The van der Waals surface area contributed by atoms with Crippen LogP contribution in [-0.2, 0) is 18.3 Å². The lowest BCUT2D eigenvalue weighted by Gasteiger charge is -2.14. The van der Waals surface area contributed by atoms with E-state index in [0.29, 0.717) is 12.3 Å². The molecule has 24 heavy (non-hydrogen) atoms. The molecule has 0 bridgehead atoms. The van der Waals surface area contributed by atoms with Crippen molar-refractivity contribution in [3.8, 4) is 0 Å². The van der Waals surface area contributed by atoms with Crippen molar-refractivity contribution in [1.29, 1.82) is 0 Å². The fraction of sp³-hybridized carbons (Fsp3) is 0.556. The van der Waals surface area contributed by atoms with Gasteiger partial charge in [-0.3, -0.25) is 9.48 Å². The third-order valence-corrected chi connectivity index (χ3v) is 4.78. The zero-order valence-corrected chi connectivity index (χ0v) is 15.1. The van der Waals surface area contributed by atoms with Gasteiger partial charge in [0.1, 0.15) is 5.82 Å². The van der Waals surface area contributed by atoms with E-state index in [0.717, 1.165) is 47.0 Å². The Morgan fingerprint density at radius 3 is 2.67 bits per heavy atom. The number of carbonyl (C=O) groups is 1. The van der Waals surface area contributed by atoms with Gasteiger partial charge in [0.05, 0.1) is 23.3 Å². The SMILES string of the molecule is Cc1ncc(NC(=O)C(C)Cc2c(C)nn(C)c2C)c(C2CC2)n1. The molecule has 128 valence electrons. The Labute approximate surface area is 142 Å². The van der Waals surface area contributed by atoms with Crippen LogP contribution in [0.4, 0.5) is 5.69 Å². The van der Waals surface area contributed by atoms with Crippen molar-refractivity contribution in [3.63, 3.8) is 0 Å². The number of amides is 1. The summed E-state index contributed by atoms with van der Waals surface area (Å²) in [5, 5.41) is 7.46. The fourth-order valence-corrected chi connectivity index (χ4v) is 3.02. The molecule has 0 aromatic carbocycles. The molecule has 6 nitrogen and oxygen atoms in total. The third kappa shape index (κ3) is 3.32. The zero-order chi connectivity index (χ0) is 17.4. The van der Waals surface area contributed by atoms with E-state index < -0.39 is 0 Å². The van der Waals surface area contributed by atoms with Crippen molar-refractivity contribution in [3.05, 3.63) is 34.7 Å². The van der Waals surface area contributed by atoms with E-state index in [-0.39, 0.29) is 11.8 Å². The minimum absolute atomic E-state index is 0.00649. The monoisotopic (exact) mass is 327 g/mol.